The molecule has 2 aliphatic rings. The van der Waals surface area contributed by atoms with Gasteiger partial charge in [-0.25, -0.2) is 13.1 Å². The zero-order valence-electron chi connectivity index (χ0n) is 15.5. The lowest BCUT2D eigenvalue weighted by Crippen LogP contribution is -2.37. The molecule has 3 rings (SSSR count). The van der Waals surface area contributed by atoms with Crippen LogP contribution in [0.5, 0.6) is 0 Å². The third kappa shape index (κ3) is 5.75. The molecule has 1 heterocycles. The van der Waals surface area contributed by atoms with Gasteiger partial charge in [-0.05, 0) is 49.8 Å². The summed E-state index contributed by atoms with van der Waals surface area (Å²) < 4.78 is 32.7. The van der Waals surface area contributed by atoms with Gasteiger partial charge in [-0.3, -0.25) is 4.79 Å². The quantitative estimate of drug-likeness (QED) is 0.644. The number of ether oxygens (including phenoxy) is 1. The number of hydrogen-bond donors (Lipinski definition) is 3. The fourth-order valence-corrected chi connectivity index (χ4v) is 4.74. The Morgan fingerprint density at radius 2 is 1.93 bits per heavy atom. The molecule has 8 heteroatoms. The van der Waals surface area contributed by atoms with E-state index < -0.39 is 10.0 Å². The van der Waals surface area contributed by atoms with Crippen LogP contribution in [0.3, 0.4) is 0 Å². The lowest BCUT2D eigenvalue weighted by atomic mass is 9.85. The number of hydrogen-bond acceptors (Lipinski definition) is 5. The second-order valence-corrected chi connectivity index (χ2v) is 9.24. The summed E-state index contributed by atoms with van der Waals surface area (Å²) in [7, 11) is -3.55. The summed E-state index contributed by atoms with van der Waals surface area (Å²) in [6.45, 7) is 1.37. The van der Waals surface area contributed by atoms with E-state index in [1.54, 1.807) is 24.3 Å². The van der Waals surface area contributed by atoms with Crippen LogP contribution in [-0.4, -0.2) is 39.6 Å². The largest absolute Gasteiger partial charge is 0.377 e. The number of rotatable bonds is 7. The summed E-state index contributed by atoms with van der Waals surface area (Å²) in [4.78, 5) is 12.5. The van der Waals surface area contributed by atoms with Gasteiger partial charge in [0.1, 0.15) is 0 Å². The number of sulfonamides is 1. The summed E-state index contributed by atoms with van der Waals surface area (Å²) in [5.41, 5.74) is 6.80. The van der Waals surface area contributed by atoms with Crippen molar-refractivity contribution in [2.75, 3.05) is 13.2 Å². The zero-order valence-corrected chi connectivity index (χ0v) is 16.3. The van der Waals surface area contributed by atoms with E-state index in [1.165, 1.54) is 0 Å². The standard InChI is InChI=1S/C19H29N3O4S/c20-16-4-1-3-15(11-16)19(23)21-12-14-6-8-18(9-7-14)27(24,25)22-13-17-5-2-10-26-17/h6-9,15-17,22H,1-5,10-13,20H2,(H,21,23). The Morgan fingerprint density at radius 3 is 2.59 bits per heavy atom. The first-order valence-electron chi connectivity index (χ1n) is 9.67. The molecule has 4 N–H and O–H groups in total. The zero-order chi connectivity index (χ0) is 19.3. The van der Waals surface area contributed by atoms with Gasteiger partial charge < -0.3 is 15.8 Å². The van der Waals surface area contributed by atoms with Gasteiger partial charge in [0.2, 0.25) is 15.9 Å². The van der Waals surface area contributed by atoms with Crippen LogP contribution in [0, 0.1) is 5.92 Å². The monoisotopic (exact) mass is 395 g/mol. The lowest BCUT2D eigenvalue weighted by molar-refractivity contribution is -0.126. The summed E-state index contributed by atoms with van der Waals surface area (Å²) >= 11 is 0. The van der Waals surface area contributed by atoms with Crippen LogP contribution in [0.25, 0.3) is 0 Å². The Kier molecular flexibility index (Phi) is 6.86. The molecule has 7 nitrogen and oxygen atoms in total. The lowest BCUT2D eigenvalue weighted by Gasteiger charge is -2.25. The maximum absolute atomic E-state index is 12.4. The predicted molar refractivity (Wildman–Crippen MR) is 102 cm³/mol. The van der Waals surface area contributed by atoms with Crippen LogP contribution in [0.4, 0.5) is 0 Å². The van der Waals surface area contributed by atoms with Crippen LogP contribution in [0.2, 0.25) is 0 Å². The van der Waals surface area contributed by atoms with Gasteiger partial charge in [0.15, 0.2) is 0 Å². The molecule has 27 heavy (non-hydrogen) atoms. The fraction of sp³-hybridized carbons (Fsp3) is 0.632. The van der Waals surface area contributed by atoms with Crippen molar-refractivity contribution in [2.24, 2.45) is 11.7 Å². The Bertz CT molecular complexity index is 730. The van der Waals surface area contributed by atoms with Crippen molar-refractivity contribution in [2.45, 2.75) is 62.1 Å². The summed E-state index contributed by atoms with van der Waals surface area (Å²) in [6, 6.07) is 6.70. The van der Waals surface area contributed by atoms with Crippen molar-refractivity contribution in [1.29, 1.82) is 0 Å². The molecular weight excluding hydrogens is 366 g/mol. The number of amides is 1. The summed E-state index contributed by atoms with van der Waals surface area (Å²) in [5.74, 6) is 0.00971. The second kappa shape index (κ2) is 9.14. The first-order valence-corrected chi connectivity index (χ1v) is 11.2. The smallest absolute Gasteiger partial charge is 0.240 e. The van der Waals surface area contributed by atoms with Crippen molar-refractivity contribution in [3.63, 3.8) is 0 Å². The first-order chi connectivity index (χ1) is 12.9. The molecule has 0 radical (unpaired) electrons. The topological polar surface area (TPSA) is 111 Å². The SMILES string of the molecule is NC1CCCC(C(=O)NCc2ccc(S(=O)(=O)NCC3CCCO3)cc2)C1. The maximum atomic E-state index is 12.4. The molecule has 150 valence electrons. The van der Waals surface area contributed by atoms with Crippen LogP contribution in [-0.2, 0) is 26.1 Å². The van der Waals surface area contributed by atoms with E-state index in [9.17, 15) is 13.2 Å². The van der Waals surface area contributed by atoms with Crippen LogP contribution >= 0.6 is 0 Å². The van der Waals surface area contributed by atoms with Crippen molar-refractivity contribution in [1.82, 2.24) is 10.0 Å². The van der Waals surface area contributed by atoms with Gasteiger partial charge >= 0.3 is 0 Å². The van der Waals surface area contributed by atoms with E-state index >= 15 is 0 Å². The molecule has 1 aliphatic heterocycles. The highest BCUT2D eigenvalue weighted by Gasteiger charge is 2.25. The van der Waals surface area contributed by atoms with E-state index in [4.69, 9.17) is 10.5 Å². The van der Waals surface area contributed by atoms with E-state index in [0.717, 1.165) is 44.1 Å². The number of nitrogens with one attached hydrogen (secondary N) is 2. The van der Waals surface area contributed by atoms with E-state index in [0.29, 0.717) is 19.7 Å². The second-order valence-electron chi connectivity index (χ2n) is 7.47. The number of carbonyl (C=O) groups excluding carboxylic acids is 1. The van der Waals surface area contributed by atoms with Gasteiger partial charge in [-0.1, -0.05) is 18.6 Å². The minimum atomic E-state index is -3.55. The number of carbonyl (C=O) groups is 1. The summed E-state index contributed by atoms with van der Waals surface area (Å²) in [6.07, 6.45) is 5.41. The van der Waals surface area contributed by atoms with Crippen molar-refractivity contribution < 1.29 is 17.9 Å². The molecular formula is C19H29N3O4S. The van der Waals surface area contributed by atoms with Crippen molar-refractivity contribution in [3.8, 4) is 0 Å². The van der Waals surface area contributed by atoms with Gasteiger partial charge in [-0.2, -0.15) is 0 Å². The Labute approximate surface area is 161 Å². The van der Waals surface area contributed by atoms with E-state index in [1.807, 2.05) is 0 Å². The molecule has 1 aliphatic carbocycles. The molecule has 3 unspecified atom stereocenters. The normalized spacial score (nSPS) is 26.0. The number of nitrogens with two attached hydrogens (primary N) is 1. The van der Waals surface area contributed by atoms with E-state index in [2.05, 4.69) is 10.0 Å². The molecule has 0 aromatic heterocycles. The van der Waals surface area contributed by atoms with Gasteiger partial charge in [-0.15, -0.1) is 0 Å². The molecule has 1 saturated carbocycles. The highest BCUT2D eigenvalue weighted by Crippen LogP contribution is 2.23. The van der Waals surface area contributed by atoms with Crippen LogP contribution in [0.1, 0.15) is 44.1 Å². The third-order valence-corrected chi connectivity index (χ3v) is 6.75. The van der Waals surface area contributed by atoms with Crippen LogP contribution in [0.15, 0.2) is 29.2 Å². The number of benzene rings is 1. The molecule has 0 bridgehead atoms. The minimum Gasteiger partial charge on any atom is -0.377 e. The predicted octanol–water partition coefficient (Wildman–Crippen LogP) is 1.28. The fourth-order valence-electron chi connectivity index (χ4n) is 3.68. The molecule has 1 amide bonds. The average molecular weight is 396 g/mol. The van der Waals surface area contributed by atoms with Gasteiger partial charge in [0.25, 0.3) is 0 Å². The highest BCUT2D eigenvalue weighted by molar-refractivity contribution is 7.89. The molecule has 1 saturated heterocycles. The van der Waals surface area contributed by atoms with Gasteiger partial charge in [0.05, 0.1) is 11.0 Å². The average Bonchev–Trinajstić information content (AvgIpc) is 3.19. The Balaban J connectivity index is 1.49. The first kappa shape index (κ1) is 20.3. The molecule has 0 spiro atoms. The summed E-state index contributed by atoms with van der Waals surface area (Å²) in [5, 5.41) is 2.93. The molecule has 2 fully saturated rings. The molecule has 3 atom stereocenters. The van der Waals surface area contributed by atoms with Gasteiger partial charge in [0, 0.05) is 31.7 Å². The molecule has 1 aromatic rings. The third-order valence-electron chi connectivity index (χ3n) is 5.31. The van der Waals surface area contributed by atoms with Crippen LogP contribution < -0.4 is 15.8 Å². The minimum absolute atomic E-state index is 0.0181. The maximum Gasteiger partial charge on any atom is 0.240 e. The van der Waals surface area contributed by atoms with Crippen molar-refractivity contribution in [3.05, 3.63) is 29.8 Å². The Hall–Kier alpha value is -1.48. The van der Waals surface area contributed by atoms with Crippen molar-refractivity contribution >= 4 is 15.9 Å². The Morgan fingerprint density at radius 1 is 1.15 bits per heavy atom. The molecule has 1 aromatic carbocycles. The highest BCUT2D eigenvalue weighted by atomic mass is 32.2. The van der Waals surface area contributed by atoms with E-state index in [-0.39, 0.29) is 28.9 Å².